The van der Waals surface area contributed by atoms with Crippen LogP contribution in [0.5, 0.6) is 5.75 Å². The van der Waals surface area contributed by atoms with Gasteiger partial charge in [-0.25, -0.2) is 0 Å². The highest BCUT2D eigenvalue weighted by molar-refractivity contribution is 5.98. The predicted octanol–water partition coefficient (Wildman–Crippen LogP) is 1.88. The third-order valence-corrected chi connectivity index (χ3v) is 3.52. The Kier molecular flexibility index (Phi) is 2.74. The fraction of sp³-hybridized carbons (Fsp3) is 0.500. The van der Waals surface area contributed by atoms with E-state index in [9.17, 15) is 9.90 Å². The van der Waals surface area contributed by atoms with Crippen molar-refractivity contribution in [2.24, 2.45) is 5.92 Å². The molecule has 0 saturated heterocycles. The largest absolute Gasteiger partial charge is 0.490 e. The van der Waals surface area contributed by atoms with Gasteiger partial charge in [-0.15, -0.1) is 0 Å². The van der Waals surface area contributed by atoms with Gasteiger partial charge in [-0.2, -0.15) is 0 Å². The van der Waals surface area contributed by atoms with Crippen LogP contribution in [0.15, 0.2) is 18.2 Å². The van der Waals surface area contributed by atoms with Gasteiger partial charge < -0.3 is 14.7 Å². The third kappa shape index (κ3) is 1.97. The molecule has 4 nitrogen and oxygen atoms in total. The van der Waals surface area contributed by atoms with Crippen molar-refractivity contribution < 1.29 is 14.6 Å². The van der Waals surface area contributed by atoms with Crippen molar-refractivity contribution in [3.63, 3.8) is 0 Å². The lowest BCUT2D eigenvalue weighted by atomic mass is 10.1. The molecule has 1 atom stereocenters. The normalized spacial score (nSPS) is 20.0. The van der Waals surface area contributed by atoms with E-state index in [0.717, 1.165) is 29.8 Å². The zero-order valence-corrected chi connectivity index (χ0v) is 10.4. The zero-order valence-electron chi connectivity index (χ0n) is 10.4. The summed E-state index contributed by atoms with van der Waals surface area (Å²) < 4.78 is 5.56. The van der Waals surface area contributed by atoms with Crippen molar-refractivity contribution in [1.82, 2.24) is 0 Å². The number of hydrogen-bond donors (Lipinski definition) is 1. The first kappa shape index (κ1) is 11.5. The lowest BCUT2D eigenvalue weighted by molar-refractivity contribution is -0.120. The van der Waals surface area contributed by atoms with Gasteiger partial charge in [0, 0.05) is 5.92 Å². The number of ether oxygens (including phenoxy) is 1. The Bertz CT molecular complexity index is 480. The number of anilines is 1. The van der Waals surface area contributed by atoms with Crippen LogP contribution in [-0.2, 0) is 4.79 Å². The highest BCUT2D eigenvalue weighted by Gasteiger charge is 2.36. The summed E-state index contributed by atoms with van der Waals surface area (Å²) in [6.07, 6.45) is 1.47. The maximum absolute atomic E-state index is 12.2. The number of hydrogen-bond acceptors (Lipinski definition) is 3. The summed E-state index contributed by atoms with van der Waals surface area (Å²) in [7, 11) is 0. The van der Waals surface area contributed by atoms with Crippen LogP contribution in [-0.4, -0.2) is 24.2 Å². The summed E-state index contributed by atoms with van der Waals surface area (Å²) >= 11 is 0. The van der Waals surface area contributed by atoms with Crippen LogP contribution in [0.3, 0.4) is 0 Å². The quantitative estimate of drug-likeness (QED) is 0.868. The molecule has 4 heteroatoms. The van der Waals surface area contributed by atoms with E-state index in [1.807, 2.05) is 23.1 Å². The number of nitrogens with zero attached hydrogens (tertiary/aromatic N) is 1. The van der Waals surface area contributed by atoms with Crippen molar-refractivity contribution in [3.05, 3.63) is 23.8 Å². The Morgan fingerprint density at radius 3 is 2.94 bits per heavy atom. The second-order valence-corrected chi connectivity index (χ2v) is 5.02. The Morgan fingerprint density at radius 2 is 2.28 bits per heavy atom. The lowest BCUT2D eigenvalue weighted by Crippen LogP contribution is -2.38. The first-order valence-corrected chi connectivity index (χ1v) is 6.43. The second-order valence-electron chi connectivity index (χ2n) is 5.02. The molecular weight excluding hydrogens is 230 g/mol. The molecule has 96 valence electrons. The maximum Gasteiger partial charge on any atom is 0.230 e. The van der Waals surface area contributed by atoms with Crippen LogP contribution in [0.25, 0.3) is 0 Å². The molecule has 1 aliphatic carbocycles. The lowest BCUT2D eigenvalue weighted by Gasteiger charge is -2.30. The average Bonchev–Trinajstić information content (AvgIpc) is 3.20. The molecule has 0 radical (unpaired) electrons. The van der Waals surface area contributed by atoms with Crippen LogP contribution < -0.4 is 9.64 Å². The van der Waals surface area contributed by atoms with Gasteiger partial charge in [-0.05, 0) is 37.5 Å². The molecule has 1 heterocycles. The average molecular weight is 247 g/mol. The van der Waals surface area contributed by atoms with Gasteiger partial charge in [0.2, 0.25) is 5.91 Å². The number of carbonyl (C=O) groups is 1. The van der Waals surface area contributed by atoms with E-state index < -0.39 is 6.10 Å². The summed E-state index contributed by atoms with van der Waals surface area (Å²) in [5.41, 5.74) is 1.62. The van der Waals surface area contributed by atoms with Crippen molar-refractivity contribution in [2.45, 2.75) is 25.9 Å². The fourth-order valence-corrected chi connectivity index (χ4v) is 2.27. The SMILES string of the molecule is CC(O)c1ccc2c(c1)N(C(=O)C1CC1)CCO2. The van der Waals surface area contributed by atoms with Crippen LogP contribution in [0.4, 0.5) is 5.69 Å². The number of amides is 1. The third-order valence-electron chi connectivity index (χ3n) is 3.52. The number of aliphatic hydroxyl groups is 1. The summed E-state index contributed by atoms with van der Waals surface area (Å²) in [5, 5.41) is 9.63. The summed E-state index contributed by atoms with van der Waals surface area (Å²) in [6, 6.07) is 5.54. The molecule has 1 aliphatic heterocycles. The topological polar surface area (TPSA) is 49.8 Å². The molecule has 0 spiro atoms. The van der Waals surface area contributed by atoms with E-state index in [4.69, 9.17) is 4.74 Å². The highest BCUT2D eigenvalue weighted by atomic mass is 16.5. The molecule has 1 aromatic rings. The Balaban J connectivity index is 1.96. The van der Waals surface area contributed by atoms with Gasteiger partial charge in [0.15, 0.2) is 0 Å². The fourth-order valence-electron chi connectivity index (χ4n) is 2.27. The smallest absolute Gasteiger partial charge is 0.230 e. The van der Waals surface area contributed by atoms with Crippen LogP contribution in [0, 0.1) is 5.92 Å². The summed E-state index contributed by atoms with van der Waals surface area (Å²) in [5.74, 6) is 1.13. The van der Waals surface area contributed by atoms with Crippen molar-refractivity contribution in [2.75, 3.05) is 18.1 Å². The minimum Gasteiger partial charge on any atom is -0.490 e. The van der Waals surface area contributed by atoms with Gasteiger partial charge in [0.05, 0.1) is 18.3 Å². The van der Waals surface area contributed by atoms with E-state index in [0.29, 0.717) is 13.2 Å². The van der Waals surface area contributed by atoms with E-state index in [-0.39, 0.29) is 11.8 Å². The number of aliphatic hydroxyl groups excluding tert-OH is 1. The van der Waals surface area contributed by atoms with Gasteiger partial charge in [0.25, 0.3) is 0 Å². The van der Waals surface area contributed by atoms with Crippen LogP contribution in [0.1, 0.15) is 31.4 Å². The minimum absolute atomic E-state index is 0.197. The van der Waals surface area contributed by atoms with Crippen molar-refractivity contribution in [3.8, 4) is 5.75 Å². The van der Waals surface area contributed by atoms with Crippen LogP contribution in [0.2, 0.25) is 0 Å². The molecule has 3 rings (SSSR count). The van der Waals surface area contributed by atoms with Gasteiger partial charge >= 0.3 is 0 Å². The number of rotatable bonds is 2. The van der Waals surface area contributed by atoms with Gasteiger partial charge in [0.1, 0.15) is 12.4 Å². The number of carbonyl (C=O) groups excluding carboxylic acids is 1. The summed E-state index contributed by atoms with van der Waals surface area (Å²) in [4.78, 5) is 14.0. The minimum atomic E-state index is -0.532. The van der Waals surface area contributed by atoms with Gasteiger partial charge in [-0.1, -0.05) is 6.07 Å². The molecule has 0 bridgehead atoms. The first-order valence-electron chi connectivity index (χ1n) is 6.43. The number of benzene rings is 1. The van der Waals surface area contributed by atoms with Crippen molar-refractivity contribution in [1.29, 1.82) is 0 Å². The predicted molar refractivity (Wildman–Crippen MR) is 67.6 cm³/mol. The monoisotopic (exact) mass is 247 g/mol. The van der Waals surface area contributed by atoms with E-state index in [2.05, 4.69) is 0 Å². The maximum atomic E-state index is 12.2. The Labute approximate surface area is 106 Å². The molecule has 1 aromatic carbocycles. The zero-order chi connectivity index (χ0) is 12.7. The highest BCUT2D eigenvalue weighted by Crippen LogP contribution is 2.38. The molecule has 2 aliphatic rings. The molecule has 1 unspecified atom stereocenters. The van der Waals surface area contributed by atoms with Gasteiger partial charge in [-0.3, -0.25) is 4.79 Å². The molecule has 1 N–H and O–H groups in total. The molecule has 18 heavy (non-hydrogen) atoms. The molecule has 1 fully saturated rings. The Morgan fingerprint density at radius 1 is 1.50 bits per heavy atom. The molecule has 0 aromatic heterocycles. The van der Waals surface area contributed by atoms with Crippen molar-refractivity contribution >= 4 is 11.6 Å². The molecular formula is C14H17NO3. The molecule has 1 amide bonds. The Hall–Kier alpha value is -1.55. The molecule has 1 saturated carbocycles. The second kappa shape index (κ2) is 4.28. The standard InChI is InChI=1S/C14H17NO3/c1-9(16)11-4-5-13-12(8-11)15(6-7-18-13)14(17)10-2-3-10/h4-5,8-10,16H,2-3,6-7H2,1H3. The van der Waals surface area contributed by atoms with E-state index in [1.54, 1.807) is 6.92 Å². The number of fused-ring (bicyclic) bond motifs is 1. The summed E-state index contributed by atoms with van der Waals surface area (Å²) in [6.45, 7) is 2.86. The van der Waals surface area contributed by atoms with E-state index >= 15 is 0 Å². The van der Waals surface area contributed by atoms with E-state index in [1.165, 1.54) is 0 Å². The first-order chi connectivity index (χ1) is 8.66. The van der Waals surface area contributed by atoms with Crippen LogP contribution >= 0.6 is 0 Å².